The summed E-state index contributed by atoms with van der Waals surface area (Å²) in [6, 6.07) is 73.9. The lowest BCUT2D eigenvalue weighted by atomic mass is 9.96. The highest BCUT2D eigenvalue weighted by molar-refractivity contribution is 6.19. The molecule has 0 aliphatic heterocycles. The van der Waals surface area contributed by atoms with Gasteiger partial charge >= 0.3 is 0 Å². The summed E-state index contributed by atoms with van der Waals surface area (Å²) in [6.07, 6.45) is 0. The minimum atomic E-state index is 0.722. The van der Waals surface area contributed by atoms with Crippen LogP contribution in [0.1, 0.15) is 0 Å². The molecule has 0 fully saturated rings. The van der Waals surface area contributed by atoms with Gasteiger partial charge in [0.2, 0.25) is 0 Å². The largest absolute Gasteiger partial charge is 0.309 e. The van der Waals surface area contributed by atoms with Gasteiger partial charge in [0.05, 0.1) is 39.0 Å². The Balaban J connectivity index is 1.13. The van der Waals surface area contributed by atoms with E-state index in [1.165, 1.54) is 54.4 Å². The van der Waals surface area contributed by atoms with E-state index in [0.717, 1.165) is 56.0 Å². The van der Waals surface area contributed by atoms with Gasteiger partial charge in [-0.1, -0.05) is 146 Å². The van der Waals surface area contributed by atoms with E-state index in [-0.39, 0.29) is 0 Å². The smallest absolute Gasteiger partial charge is 0.160 e. The number of para-hydroxylation sites is 3. The normalized spacial score (nSPS) is 11.8. The van der Waals surface area contributed by atoms with Crippen molar-refractivity contribution in [2.75, 3.05) is 0 Å². The average Bonchev–Trinajstić information content (AvgIpc) is 3.80. The first kappa shape index (κ1) is 32.4. The molecule has 58 heavy (non-hydrogen) atoms. The van der Waals surface area contributed by atoms with Crippen molar-refractivity contribution in [1.82, 2.24) is 19.1 Å². The van der Waals surface area contributed by atoms with Crippen molar-refractivity contribution in [3.8, 4) is 45.1 Å². The molecule has 12 rings (SSSR count). The van der Waals surface area contributed by atoms with Crippen LogP contribution in [0.4, 0.5) is 0 Å². The van der Waals surface area contributed by atoms with Crippen LogP contribution in [0.3, 0.4) is 0 Å². The van der Waals surface area contributed by atoms with E-state index in [0.29, 0.717) is 0 Å². The molecular formula is C54H34N4. The minimum Gasteiger partial charge on any atom is -0.309 e. The number of hydrogen-bond acceptors (Lipinski definition) is 2. The zero-order valence-corrected chi connectivity index (χ0v) is 31.4. The molecule has 0 saturated carbocycles. The zero-order valence-electron chi connectivity index (χ0n) is 31.4. The molecule has 0 saturated heterocycles. The highest BCUT2D eigenvalue weighted by Gasteiger charge is 2.20. The molecule has 0 amide bonds. The van der Waals surface area contributed by atoms with E-state index < -0.39 is 0 Å². The Morgan fingerprint density at radius 1 is 0.310 bits per heavy atom. The number of hydrogen-bond donors (Lipinski definition) is 0. The molecule has 9 aromatic carbocycles. The third kappa shape index (κ3) is 5.02. The second-order valence-electron chi connectivity index (χ2n) is 15.0. The van der Waals surface area contributed by atoms with Gasteiger partial charge < -0.3 is 9.13 Å². The van der Waals surface area contributed by atoms with E-state index in [1.807, 2.05) is 24.3 Å². The van der Waals surface area contributed by atoms with Crippen molar-refractivity contribution < 1.29 is 0 Å². The topological polar surface area (TPSA) is 35.6 Å². The molecule has 3 aromatic heterocycles. The quantitative estimate of drug-likeness (QED) is 0.176. The average molecular weight is 739 g/mol. The maximum absolute atomic E-state index is 5.20. The van der Waals surface area contributed by atoms with Crippen LogP contribution in [0.2, 0.25) is 0 Å². The van der Waals surface area contributed by atoms with Crippen LogP contribution in [0, 0.1) is 0 Å². The molecule has 0 aliphatic rings. The maximum atomic E-state index is 5.20. The van der Waals surface area contributed by atoms with E-state index in [4.69, 9.17) is 9.97 Å². The number of benzene rings is 9. The second-order valence-corrected chi connectivity index (χ2v) is 15.0. The lowest BCUT2D eigenvalue weighted by Crippen LogP contribution is -1.98. The third-order valence-electron chi connectivity index (χ3n) is 11.7. The van der Waals surface area contributed by atoms with Crippen molar-refractivity contribution in [3.63, 3.8) is 0 Å². The van der Waals surface area contributed by atoms with Gasteiger partial charge in [-0.25, -0.2) is 9.97 Å². The molecule has 3 heterocycles. The van der Waals surface area contributed by atoms with Crippen molar-refractivity contribution in [3.05, 3.63) is 206 Å². The molecule has 0 N–H and O–H groups in total. The van der Waals surface area contributed by atoms with Gasteiger partial charge in [0.25, 0.3) is 0 Å². The molecule has 4 heteroatoms. The molecular weight excluding hydrogens is 705 g/mol. The van der Waals surface area contributed by atoms with Gasteiger partial charge in [-0.05, 0) is 77.2 Å². The fourth-order valence-corrected chi connectivity index (χ4v) is 9.03. The Kier molecular flexibility index (Phi) is 7.20. The fourth-order valence-electron chi connectivity index (χ4n) is 9.03. The standard InChI is InChI=1S/C54H34N4/c1-4-16-35(17-5-1)53-46-31-37(28-29-47(46)55-54(56-53)36-18-6-2-7-19-36)39-30-38-20-10-11-23-41(38)50(32-39)58-49-27-15-13-25-43(49)45-33-44-42-24-12-14-26-48(42)57(51(44)34-52(45)58)40-21-8-3-9-22-40/h1-34H. The number of nitrogens with zero attached hydrogens (tertiary/aromatic N) is 4. The molecule has 0 spiro atoms. The molecule has 0 atom stereocenters. The van der Waals surface area contributed by atoms with Gasteiger partial charge in [0.1, 0.15) is 0 Å². The lowest BCUT2D eigenvalue weighted by molar-refractivity contribution is 1.17. The SMILES string of the molecule is c1ccc(-c2nc(-c3ccccc3)c3cc(-c4cc(-n5c6ccccc6c6cc7c8ccccc8n(-c8ccccc8)c7cc65)c5ccccc5c4)ccc3n2)cc1. The first-order valence-corrected chi connectivity index (χ1v) is 19.7. The van der Waals surface area contributed by atoms with Gasteiger partial charge in [0, 0.05) is 49.1 Å². The Morgan fingerprint density at radius 3 is 1.62 bits per heavy atom. The van der Waals surface area contributed by atoms with E-state index >= 15 is 0 Å². The van der Waals surface area contributed by atoms with Crippen LogP contribution in [0.5, 0.6) is 0 Å². The third-order valence-corrected chi connectivity index (χ3v) is 11.7. The number of rotatable bonds is 5. The van der Waals surface area contributed by atoms with Gasteiger partial charge in [-0.2, -0.15) is 0 Å². The van der Waals surface area contributed by atoms with E-state index in [2.05, 4.69) is 191 Å². The summed E-state index contributed by atoms with van der Waals surface area (Å²) in [5.74, 6) is 0.722. The molecule has 0 unspecified atom stereocenters. The van der Waals surface area contributed by atoms with Crippen molar-refractivity contribution in [1.29, 1.82) is 0 Å². The van der Waals surface area contributed by atoms with Gasteiger partial charge in [-0.15, -0.1) is 0 Å². The van der Waals surface area contributed by atoms with Crippen molar-refractivity contribution in [2.45, 2.75) is 0 Å². The zero-order chi connectivity index (χ0) is 38.2. The van der Waals surface area contributed by atoms with Gasteiger partial charge in [-0.3, -0.25) is 0 Å². The van der Waals surface area contributed by atoms with Gasteiger partial charge in [0.15, 0.2) is 5.82 Å². The van der Waals surface area contributed by atoms with E-state index in [1.54, 1.807) is 0 Å². The molecule has 0 aliphatic carbocycles. The van der Waals surface area contributed by atoms with E-state index in [9.17, 15) is 0 Å². The molecule has 4 nitrogen and oxygen atoms in total. The molecule has 0 bridgehead atoms. The van der Waals surface area contributed by atoms with Crippen LogP contribution >= 0.6 is 0 Å². The van der Waals surface area contributed by atoms with Crippen LogP contribution in [-0.2, 0) is 0 Å². The summed E-state index contributed by atoms with van der Waals surface area (Å²) in [5, 5.41) is 8.35. The second kappa shape index (κ2) is 12.9. The fraction of sp³-hybridized carbons (Fsp3) is 0. The number of aromatic nitrogens is 4. The molecule has 0 radical (unpaired) electrons. The summed E-state index contributed by atoms with van der Waals surface area (Å²) in [5.41, 5.74) is 13.2. The monoisotopic (exact) mass is 738 g/mol. The molecule has 270 valence electrons. The highest BCUT2D eigenvalue weighted by Crippen LogP contribution is 2.42. The van der Waals surface area contributed by atoms with Crippen LogP contribution in [0.15, 0.2) is 206 Å². The Hall–Kier alpha value is -7.82. The maximum Gasteiger partial charge on any atom is 0.160 e. The predicted molar refractivity (Wildman–Crippen MR) is 242 cm³/mol. The Labute approximate surface area is 334 Å². The molecule has 12 aromatic rings. The summed E-state index contributed by atoms with van der Waals surface area (Å²) in [7, 11) is 0. The van der Waals surface area contributed by atoms with Crippen molar-refractivity contribution in [2.24, 2.45) is 0 Å². The van der Waals surface area contributed by atoms with Crippen LogP contribution in [-0.4, -0.2) is 19.1 Å². The lowest BCUT2D eigenvalue weighted by Gasteiger charge is -2.16. The Bertz CT molecular complexity index is 3550. The minimum absolute atomic E-state index is 0.722. The summed E-state index contributed by atoms with van der Waals surface area (Å²) in [4.78, 5) is 10.3. The van der Waals surface area contributed by atoms with Crippen LogP contribution < -0.4 is 0 Å². The summed E-state index contributed by atoms with van der Waals surface area (Å²) >= 11 is 0. The number of fused-ring (bicyclic) bond motifs is 8. The summed E-state index contributed by atoms with van der Waals surface area (Å²) < 4.78 is 4.89. The first-order valence-electron chi connectivity index (χ1n) is 19.7. The highest BCUT2D eigenvalue weighted by atomic mass is 15.0. The van der Waals surface area contributed by atoms with Crippen LogP contribution in [0.25, 0.3) is 110 Å². The Morgan fingerprint density at radius 2 is 0.897 bits per heavy atom. The predicted octanol–water partition coefficient (Wildman–Crippen LogP) is 14.0. The summed E-state index contributed by atoms with van der Waals surface area (Å²) in [6.45, 7) is 0. The first-order chi connectivity index (χ1) is 28.8. The van der Waals surface area contributed by atoms with Crippen molar-refractivity contribution >= 4 is 65.3 Å².